The van der Waals surface area contributed by atoms with Gasteiger partial charge in [0.1, 0.15) is 0 Å². The van der Waals surface area contributed by atoms with Crippen LogP contribution < -0.4 is 0 Å². The average Bonchev–Trinajstić information content (AvgIpc) is 2.26. The van der Waals surface area contributed by atoms with E-state index < -0.39 is 0 Å². The number of ether oxygens (including phenoxy) is 1. The Kier molecular flexibility index (Phi) is 4.15. The third-order valence-corrected chi connectivity index (χ3v) is 2.06. The monoisotopic (exact) mass is 189 g/mol. The summed E-state index contributed by atoms with van der Waals surface area (Å²) in [5, 5.41) is 0. The van der Waals surface area contributed by atoms with Crippen molar-refractivity contribution in [2.45, 2.75) is 26.4 Å². The van der Waals surface area contributed by atoms with Gasteiger partial charge >= 0.3 is 0 Å². The van der Waals surface area contributed by atoms with Gasteiger partial charge in [-0.25, -0.2) is 4.85 Å². The fraction of sp³-hybridized carbons (Fsp3) is 0.417. The van der Waals surface area contributed by atoms with Crippen molar-refractivity contribution in [3.8, 4) is 0 Å². The fourth-order valence-corrected chi connectivity index (χ4v) is 1.21. The van der Waals surface area contributed by atoms with Crippen molar-refractivity contribution in [3.63, 3.8) is 0 Å². The molecule has 0 radical (unpaired) electrons. The van der Waals surface area contributed by atoms with Crippen LogP contribution in [0.4, 0.5) is 5.69 Å². The summed E-state index contributed by atoms with van der Waals surface area (Å²) in [7, 11) is 0. The molecular weight excluding hydrogens is 174 g/mol. The van der Waals surface area contributed by atoms with Gasteiger partial charge in [-0.15, -0.1) is 0 Å². The molecule has 0 bridgehead atoms. The SMILES string of the molecule is [C-]#[N+]c1ccc([C@H](C)OCCC)cc1. The summed E-state index contributed by atoms with van der Waals surface area (Å²) in [5.41, 5.74) is 1.81. The summed E-state index contributed by atoms with van der Waals surface area (Å²) in [4.78, 5) is 3.34. The molecule has 0 aromatic heterocycles. The topological polar surface area (TPSA) is 13.6 Å². The first kappa shape index (κ1) is 10.7. The summed E-state index contributed by atoms with van der Waals surface area (Å²) < 4.78 is 5.57. The molecule has 1 aromatic carbocycles. The molecule has 0 unspecified atom stereocenters. The van der Waals surface area contributed by atoms with Crippen molar-refractivity contribution in [1.82, 2.24) is 0 Å². The molecule has 0 aliphatic heterocycles. The van der Waals surface area contributed by atoms with E-state index in [4.69, 9.17) is 11.3 Å². The lowest BCUT2D eigenvalue weighted by atomic mass is 10.1. The van der Waals surface area contributed by atoms with Crippen LogP contribution in [0.3, 0.4) is 0 Å². The second-order valence-corrected chi connectivity index (χ2v) is 3.22. The molecule has 0 aliphatic carbocycles. The summed E-state index contributed by atoms with van der Waals surface area (Å²) >= 11 is 0. The molecule has 14 heavy (non-hydrogen) atoms. The number of rotatable bonds is 4. The molecule has 0 saturated heterocycles. The Morgan fingerprint density at radius 3 is 2.50 bits per heavy atom. The van der Waals surface area contributed by atoms with Gasteiger partial charge in [0, 0.05) is 6.61 Å². The third-order valence-electron chi connectivity index (χ3n) is 2.06. The number of hydrogen-bond acceptors (Lipinski definition) is 1. The molecular formula is C12H15NO. The second kappa shape index (κ2) is 5.41. The van der Waals surface area contributed by atoms with Crippen LogP contribution in [-0.2, 0) is 4.74 Å². The van der Waals surface area contributed by atoms with Gasteiger partial charge in [0.2, 0.25) is 0 Å². The maximum absolute atomic E-state index is 6.83. The van der Waals surface area contributed by atoms with Gasteiger partial charge in [-0.2, -0.15) is 0 Å². The van der Waals surface area contributed by atoms with E-state index in [1.807, 2.05) is 31.2 Å². The third kappa shape index (κ3) is 2.86. The molecule has 0 heterocycles. The van der Waals surface area contributed by atoms with Crippen LogP contribution >= 0.6 is 0 Å². The first-order valence-corrected chi connectivity index (χ1v) is 4.87. The summed E-state index contributed by atoms with van der Waals surface area (Å²) in [6, 6.07) is 7.56. The quantitative estimate of drug-likeness (QED) is 0.658. The van der Waals surface area contributed by atoms with Crippen molar-refractivity contribution in [3.05, 3.63) is 41.2 Å². The van der Waals surface area contributed by atoms with Crippen LogP contribution in [0.1, 0.15) is 31.9 Å². The van der Waals surface area contributed by atoms with Crippen molar-refractivity contribution in [1.29, 1.82) is 0 Å². The lowest BCUT2D eigenvalue weighted by molar-refractivity contribution is 0.0663. The van der Waals surface area contributed by atoms with E-state index in [9.17, 15) is 0 Å². The summed E-state index contributed by atoms with van der Waals surface area (Å²) in [6.45, 7) is 11.7. The van der Waals surface area contributed by atoms with Gasteiger partial charge < -0.3 is 4.74 Å². The van der Waals surface area contributed by atoms with E-state index in [2.05, 4.69) is 11.8 Å². The van der Waals surface area contributed by atoms with Crippen LogP contribution in [0.5, 0.6) is 0 Å². The zero-order valence-corrected chi connectivity index (χ0v) is 8.66. The standard InChI is InChI=1S/C12H15NO/c1-4-9-14-10(2)11-5-7-12(13-3)8-6-11/h5-8,10H,4,9H2,1-2H3/t10-/m0/s1. The smallest absolute Gasteiger partial charge is 0.187 e. The molecule has 2 nitrogen and oxygen atoms in total. The second-order valence-electron chi connectivity index (χ2n) is 3.22. The average molecular weight is 189 g/mol. The summed E-state index contributed by atoms with van der Waals surface area (Å²) in [6.07, 6.45) is 1.15. The predicted molar refractivity (Wildman–Crippen MR) is 57.4 cm³/mol. The Labute approximate surface area is 85.3 Å². The fourth-order valence-electron chi connectivity index (χ4n) is 1.21. The van der Waals surface area contributed by atoms with Gasteiger partial charge in [0.15, 0.2) is 5.69 Å². The molecule has 0 amide bonds. The maximum atomic E-state index is 6.83. The Morgan fingerprint density at radius 2 is 2.00 bits per heavy atom. The molecule has 1 rings (SSSR count). The van der Waals surface area contributed by atoms with Crippen LogP contribution in [0.25, 0.3) is 4.85 Å². The number of benzene rings is 1. The van der Waals surface area contributed by atoms with Crippen LogP contribution in [0.15, 0.2) is 24.3 Å². The Morgan fingerprint density at radius 1 is 1.36 bits per heavy atom. The minimum atomic E-state index is 0.120. The minimum absolute atomic E-state index is 0.120. The van der Waals surface area contributed by atoms with E-state index in [0.717, 1.165) is 18.6 Å². The normalized spacial score (nSPS) is 12.1. The van der Waals surface area contributed by atoms with E-state index >= 15 is 0 Å². The van der Waals surface area contributed by atoms with Crippen molar-refractivity contribution < 1.29 is 4.74 Å². The largest absolute Gasteiger partial charge is 0.374 e. The summed E-state index contributed by atoms with van der Waals surface area (Å²) in [5.74, 6) is 0. The Hall–Kier alpha value is -1.33. The van der Waals surface area contributed by atoms with Crippen molar-refractivity contribution in [2.75, 3.05) is 6.61 Å². The zero-order chi connectivity index (χ0) is 10.4. The van der Waals surface area contributed by atoms with Crippen LogP contribution in [0, 0.1) is 6.57 Å². The Bertz CT molecular complexity index is 310. The molecule has 0 spiro atoms. The van der Waals surface area contributed by atoms with E-state index in [1.54, 1.807) is 0 Å². The molecule has 1 aromatic rings. The lowest BCUT2D eigenvalue weighted by Gasteiger charge is -2.12. The highest BCUT2D eigenvalue weighted by molar-refractivity contribution is 5.45. The minimum Gasteiger partial charge on any atom is -0.374 e. The molecule has 0 aliphatic rings. The van der Waals surface area contributed by atoms with Crippen LogP contribution in [-0.4, -0.2) is 6.61 Å². The first-order valence-electron chi connectivity index (χ1n) is 4.87. The number of nitrogens with zero attached hydrogens (tertiary/aromatic N) is 1. The first-order chi connectivity index (χ1) is 6.77. The molecule has 1 atom stereocenters. The van der Waals surface area contributed by atoms with E-state index in [1.165, 1.54) is 0 Å². The maximum Gasteiger partial charge on any atom is 0.187 e. The zero-order valence-electron chi connectivity index (χ0n) is 8.66. The molecule has 0 N–H and O–H groups in total. The van der Waals surface area contributed by atoms with Crippen molar-refractivity contribution in [2.24, 2.45) is 0 Å². The van der Waals surface area contributed by atoms with E-state index in [-0.39, 0.29) is 6.10 Å². The van der Waals surface area contributed by atoms with Gasteiger partial charge in [0.25, 0.3) is 0 Å². The van der Waals surface area contributed by atoms with Crippen LogP contribution in [0.2, 0.25) is 0 Å². The number of hydrogen-bond donors (Lipinski definition) is 0. The highest BCUT2D eigenvalue weighted by atomic mass is 16.5. The lowest BCUT2D eigenvalue weighted by Crippen LogP contribution is -2.00. The van der Waals surface area contributed by atoms with Gasteiger partial charge in [-0.1, -0.05) is 31.2 Å². The van der Waals surface area contributed by atoms with Gasteiger partial charge in [0.05, 0.1) is 12.7 Å². The molecule has 2 heteroatoms. The highest BCUT2D eigenvalue weighted by Crippen LogP contribution is 2.20. The highest BCUT2D eigenvalue weighted by Gasteiger charge is 2.04. The molecule has 74 valence electrons. The van der Waals surface area contributed by atoms with E-state index in [0.29, 0.717) is 5.69 Å². The Balaban J connectivity index is 2.63. The molecule has 0 saturated carbocycles. The predicted octanol–water partition coefficient (Wildman–Crippen LogP) is 3.72. The van der Waals surface area contributed by atoms with Gasteiger partial charge in [-0.3, -0.25) is 0 Å². The van der Waals surface area contributed by atoms with Gasteiger partial charge in [-0.05, 0) is 18.9 Å². The van der Waals surface area contributed by atoms with Crippen molar-refractivity contribution >= 4 is 5.69 Å². The molecule has 0 fully saturated rings.